The fourth-order valence-electron chi connectivity index (χ4n) is 3.15. The maximum absolute atomic E-state index is 14.1. The molecule has 0 fully saturated rings. The summed E-state index contributed by atoms with van der Waals surface area (Å²) in [5.74, 6) is 4.66. The molecule has 0 radical (unpaired) electrons. The first-order valence-electron chi connectivity index (χ1n) is 7.05. The van der Waals surface area contributed by atoms with Crippen LogP contribution in [0.3, 0.4) is 0 Å². The van der Waals surface area contributed by atoms with E-state index in [9.17, 15) is 8.78 Å². The number of nitrogens with zero attached hydrogens (tertiary/aromatic N) is 1. The number of rotatable bonds is 3. The van der Waals surface area contributed by atoms with Gasteiger partial charge in [0.05, 0.1) is 6.04 Å². The van der Waals surface area contributed by atoms with Gasteiger partial charge < -0.3 is 0 Å². The zero-order chi connectivity index (χ0) is 14.8. The Kier molecular flexibility index (Phi) is 3.94. The van der Waals surface area contributed by atoms with E-state index in [-0.39, 0.29) is 11.5 Å². The average molecular weight is 289 g/mol. The third-order valence-corrected chi connectivity index (χ3v) is 4.11. The fourth-order valence-corrected chi connectivity index (χ4v) is 3.15. The summed E-state index contributed by atoms with van der Waals surface area (Å²) >= 11 is 0. The van der Waals surface area contributed by atoms with Crippen molar-refractivity contribution < 1.29 is 8.78 Å². The van der Waals surface area contributed by atoms with Crippen LogP contribution in [-0.4, -0.2) is 4.98 Å². The van der Waals surface area contributed by atoms with E-state index in [0.29, 0.717) is 0 Å². The van der Waals surface area contributed by atoms with Crippen LogP contribution in [0.2, 0.25) is 0 Å². The summed E-state index contributed by atoms with van der Waals surface area (Å²) in [5, 5.41) is 0. The number of nitrogens with two attached hydrogens (primary N) is 1. The predicted octanol–water partition coefficient (Wildman–Crippen LogP) is 2.98. The van der Waals surface area contributed by atoms with Crippen molar-refractivity contribution in [2.24, 2.45) is 5.84 Å². The summed E-state index contributed by atoms with van der Waals surface area (Å²) in [5.41, 5.74) is 4.99. The van der Waals surface area contributed by atoms with Gasteiger partial charge in [-0.25, -0.2) is 8.78 Å². The maximum Gasteiger partial charge on any atom is 0.128 e. The molecule has 0 saturated heterocycles. The van der Waals surface area contributed by atoms with Gasteiger partial charge in [0.25, 0.3) is 0 Å². The van der Waals surface area contributed by atoms with Crippen LogP contribution in [0.1, 0.15) is 41.6 Å². The quantitative estimate of drug-likeness (QED) is 0.674. The van der Waals surface area contributed by atoms with E-state index >= 15 is 0 Å². The van der Waals surface area contributed by atoms with Crippen molar-refractivity contribution in [3.63, 3.8) is 0 Å². The molecule has 1 heterocycles. The number of hydrogen-bond donors (Lipinski definition) is 2. The van der Waals surface area contributed by atoms with Gasteiger partial charge in [-0.05, 0) is 49.1 Å². The Labute approximate surface area is 122 Å². The van der Waals surface area contributed by atoms with Gasteiger partial charge in [0.2, 0.25) is 0 Å². The molecule has 1 aliphatic rings. The highest BCUT2D eigenvalue weighted by Crippen LogP contribution is 2.39. The molecule has 2 aromatic rings. The van der Waals surface area contributed by atoms with Crippen molar-refractivity contribution in [2.45, 2.75) is 31.2 Å². The molecule has 1 aliphatic carbocycles. The highest BCUT2D eigenvalue weighted by molar-refractivity contribution is 5.32. The zero-order valence-corrected chi connectivity index (χ0v) is 11.5. The molecular formula is C16H17F2N3. The highest BCUT2D eigenvalue weighted by Gasteiger charge is 2.31. The van der Waals surface area contributed by atoms with Gasteiger partial charge in [-0.3, -0.25) is 16.3 Å². The Morgan fingerprint density at radius 1 is 1.29 bits per heavy atom. The molecule has 5 heteroatoms. The third kappa shape index (κ3) is 2.66. The van der Waals surface area contributed by atoms with Crippen molar-refractivity contribution in [1.29, 1.82) is 0 Å². The minimum atomic E-state index is -0.491. The molecule has 2 atom stereocenters. The third-order valence-electron chi connectivity index (χ3n) is 4.11. The number of hydrazine groups is 1. The van der Waals surface area contributed by atoms with Crippen LogP contribution in [0.5, 0.6) is 0 Å². The van der Waals surface area contributed by atoms with Crippen molar-refractivity contribution in [1.82, 2.24) is 10.4 Å². The summed E-state index contributed by atoms with van der Waals surface area (Å²) in [6.07, 6.45) is 4.52. The lowest BCUT2D eigenvalue weighted by molar-refractivity contribution is 0.386. The van der Waals surface area contributed by atoms with Gasteiger partial charge in [-0.2, -0.15) is 0 Å². The van der Waals surface area contributed by atoms with Crippen LogP contribution >= 0.6 is 0 Å². The zero-order valence-electron chi connectivity index (χ0n) is 11.5. The second-order valence-corrected chi connectivity index (χ2v) is 5.36. The number of hydrogen-bond acceptors (Lipinski definition) is 3. The largest absolute Gasteiger partial charge is 0.271 e. The van der Waals surface area contributed by atoms with Gasteiger partial charge in [0.1, 0.15) is 11.6 Å². The van der Waals surface area contributed by atoms with E-state index < -0.39 is 17.7 Å². The smallest absolute Gasteiger partial charge is 0.128 e. The van der Waals surface area contributed by atoms with E-state index in [1.807, 2.05) is 12.1 Å². The molecule has 3 rings (SSSR count). The molecule has 0 saturated carbocycles. The molecular weight excluding hydrogens is 272 g/mol. The highest BCUT2D eigenvalue weighted by atomic mass is 19.1. The van der Waals surface area contributed by atoms with Crippen molar-refractivity contribution in [3.8, 4) is 0 Å². The molecule has 0 bridgehead atoms. The lowest BCUT2D eigenvalue weighted by Crippen LogP contribution is -2.35. The molecule has 1 aromatic heterocycles. The predicted molar refractivity (Wildman–Crippen MR) is 76.3 cm³/mol. The Morgan fingerprint density at radius 2 is 2.14 bits per heavy atom. The van der Waals surface area contributed by atoms with Crippen LogP contribution in [0.25, 0.3) is 0 Å². The summed E-state index contributed by atoms with van der Waals surface area (Å²) in [6.45, 7) is 0. The maximum atomic E-state index is 14.1. The van der Waals surface area contributed by atoms with Crippen LogP contribution in [-0.2, 0) is 6.42 Å². The standard InChI is InChI=1S/C16H17F2N3/c17-11-6-7-14(18)13(9-11)16(21-19)12-5-1-3-10-4-2-8-20-15(10)12/h2,4,6-9,12,16,21H,1,3,5,19H2. The van der Waals surface area contributed by atoms with Crippen LogP contribution in [0.15, 0.2) is 36.5 Å². The second-order valence-electron chi connectivity index (χ2n) is 5.36. The molecule has 2 unspecified atom stereocenters. The topological polar surface area (TPSA) is 50.9 Å². The minimum absolute atomic E-state index is 0.0590. The minimum Gasteiger partial charge on any atom is -0.271 e. The van der Waals surface area contributed by atoms with Gasteiger partial charge in [0.15, 0.2) is 0 Å². The number of aromatic nitrogens is 1. The van der Waals surface area contributed by atoms with E-state index in [0.717, 1.165) is 42.7 Å². The second kappa shape index (κ2) is 5.87. The van der Waals surface area contributed by atoms with Crippen LogP contribution in [0, 0.1) is 11.6 Å². The van der Waals surface area contributed by atoms with E-state index in [2.05, 4.69) is 10.4 Å². The van der Waals surface area contributed by atoms with E-state index in [1.54, 1.807) is 6.20 Å². The molecule has 110 valence electrons. The summed E-state index contributed by atoms with van der Waals surface area (Å²) < 4.78 is 27.5. The Hall–Kier alpha value is -1.85. The van der Waals surface area contributed by atoms with Gasteiger partial charge in [-0.15, -0.1) is 0 Å². The summed E-state index contributed by atoms with van der Waals surface area (Å²) in [7, 11) is 0. The van der Waals surface area contributed by atoms with E-state index in [1.165, 1.54) is 6.07 Å². The number of halogens is 2. The average Bonchev–Trinajstić information content (AvgIpc) is 2.51. The molecule has 3 nitrogen and oxygen atoms in total. The molecule has 0 aliphatic heterocycles. The van der Waals surface area contributed by atoms with Crippen LogP contribution < -0.4 is 11.3 Å². The fraction of sp³-hybridized carbons (Fsp3) is 0.312. The van der Waals surface area contributed by atoms with Gasteiger partial charge in [-0.1, -0.05) is 6.07 Å². The first-order chi connectivity index (χ1) is 10.2. The van der Waals surface area contributed by atoms with E-state index in [4.69, 9.17) is 5.84 Å². The molecule has 3 N–H and O–H groups in total. The lowest BCUT2D eigenvalue weighted by Gasteiger charge is -2.31. The normalized spacial score (nSPS) is 19.1. The molecule has 0 spiro atoms. The molecule has 21 heavy (non-hydrogen) atoms. The number of benzene rings is 1. The number of fused-ring (bicyclic) bond motifs is 1. The van der Waals surface area contributed by atoms with Crippen LogP contribution in [0.4, 0.5) is 8.78 Å². The molecule has 0 amide bonds. The Morgan fingerprint density at radius 3 is 2.95 bits per heavy atom. The van der Waals surface area contributed by atoms with Gasteiger partial charge in [0, 0.05) is 23.4 Å². The Bertz CT molecular complexity index is 645. The lowest BCUT2D eigenvalue weighted by atomic mass is 9.79. The van der Waals surface area contributed by atoms with Crippen molar-refractivity contribution in [2.75, 3.05) is 0 Å². The first kappa shape index (κ1) is 14.1. The summed E-state index contributed by atoms with van der Waals surface area (Å²) in [4.78, 5) is 4.44. The number of aryl methyl sites for hydroxylation is 1. The van der Waals surface area contributed by atoms with Gasteiger partial charge >= 0.3 is 0 Å². The summed E-state index contributed by atoms with van der Waals surface area (Å²) in [6, 6.07) is 6.89. The SMILES string of the molecule is NNC(c1cc(F)ccc1F)C1CCCc2cccnc21. The van der Waals surface area contributed by atoms with Crippen molar-refractivity contribution >= 4 is 0 Å². The first-order valence-corrected chi connectivity index (χ1v) is 7.05. The Balaban J connectivity index is 2.03. The number of pyridine rings is 1. The van der Waals surface area contributed by atoms with Crippen molar-refractivity contribution in [3.05, 3.63) is 65.0 Å². The monoisotopic (exact) mass is 289 g/mol. The molecule has 1 aromatic carbocycles. The number of nitrogens with one attached hydrogen (secondary N) is 1.